The summed E-state index contributed by atoms with van der Waals surface area (Å²) >= 11 is 0. The van der Waals surface area contributed by atoms with Crippen molar-refractivity contribution in [1.29, 1.82) is 0 Å². The van der Waals surface area contributed by atoms with Gasteiger partial charge in [-0.3, -0.25) is 0 Å². The second-order valence-corrected chi connectivity index (χ2v) is 5.99. The highest BCUT2D eigenvalue weighted by atomic mass is 16.6. The molecule has 0 N–H and O–H groups in total. The van der Waals surface area contributed by atoms with E-state index in [-0.39, 0.29) is 18.2 Å². The van der Waals surface area contributed by atoms with Gasteiger partial charge >= 0.3 is 5.97 Å². The van der Waals surface area contributed by atoms with E-state index >= 15 is 0 Å². The number of carbonyl (C=O) groups excluding carboxylic acids is 1. The van der Waals surface area contributed by atoms with Crippen LogP contribution in [-0.4, -0.2) is 44.6 Å². The summed E-state index contributed by atoms with van der Waals surface area (Å²) in [5.74, 6) is 0.262. The topological polar surface area (TPSA) is 60.6 Å². The van der Waals surface area contributed by atoms with Gasteiger partial charge in [0, 0.05) is 6.42 Å². The third kappa shape index (κ3) is 4.94. The first-order valence-corrected chi connectivity index (χ1v) is 8.10. The van der Waals surface area contributed by atoms with E-state index in [1.165, 1.54) is 0 Å². The van der Waals surface area contributed by atoms with Crippen molar-refractivity contribution in [2.75, 3.05) is 26.4 Å². The quantitative estimate of drug-likeness (QED) is 0.301. The molecule has 5 nitrogen and oxygen atoms in total. The molecule has 0 radical (unpaired) electrons. The summed E-state index contributed by atoms with van der Waals surface area (Å²) in [5, 5.41) is 0. The zero-order valence-corrected chi connectivity index (χ0v) is 13.8. The SMILES string of the molecule is C=Cc1ccc(CC(OCC2CO2)=C(C)C(=O)OCC2CO2)cc1. The third-order valence-electron chi connectivity index (χ3n) is 3.95. The maximum absolute atomic E-state index is 12.2. The molecule has 0 aliphatic carbocycles. The van der Waals surface area contributed by atoms with Crippen LogP contribution < -0.4 is 0 Å². The molecule has 3 rings (SSSR count). The van der Waals surface area contributed by atoms with Crippen molar-refractivity contribution in [3.05, 3.63) is 53.3 Å². The van der Waals surface area contributed by atoms with Crippen LogP contribution in [0, 0.1) is 0 Å². The monoisotopic (exact) mass is 330 g/mol. The summed E-state index contributed by atoms with van der Waals surface area (Å²) in [6.45, 7) is 7.61. The molecule has 2 saturated heterocycles. The minimum absolute atomic E-state index is 0.0532. The average Bonchev–Trinajstić information content (AvgIpc) is 3.50. The van der Waals surface area contributed by atoms with Gasteiger partial charge in [0.2, 0.25) is 0 Å². The van der Waals surface area contributed by atoms with E-state index in [0.717, 1.165) is 11.1 Å². The lowest BCUT2D eigenvalue weighted by molar-refractivity contribution is -0.139. The molecule has 2 aliphatic heterocycles. The highest BCUT2D eigenvalue weighted by Crippen LogP contribution is 2.19. The Balaban J connectivity index is 1.68. The number of hydrogen-bond donors (Lipinski definition) is 0. The molecule has 1 aromatic carbocycles. The Morgan fingerprint density at radius 3 is 2.29 bits per heavy atom. The fraction of sp³-hybridized carbons (Fsp3) is 0.421. The fourth-order valence-electron chi connectivity index (χ4n) is 2.16. The van der Waals surface area contributed by atoms with Crippen LogP contribution in [0.15, 0.2) is 42.2 Å². The van der Waals surface area contributed by atoms with Gasteiger partial charge in [-0.25, -0.2) is 4.79 Å². The van der Waals surface area contributed by atoms with Crippen LogP contribution >= 0.6 is 0 Å². The Morgan fingerprint density at radius 1 is 1.17 bits per heavy atom. The number of epoxide rings is 2. The second kappa shape index (κ2) is 7.64. The Kier molecular flexibility index (Phi) is 5.33. The summed E-state index contributed by atoms with van der Waals surface area (Å²) in [4.78, 5) is 12.2. The van der Waals surface area contributed by atoms with Crippen molar-refractivity contribution in [3.63, 3.8) is 0 Å². The van der Waals surface area contributed by atoms with Gasteiger partial charge < -0.3 is 18.9 Å². The van der Waals surface area contributed by atoms with Crippen LogP contribution in [-0.2, 0) is 30.2 Å². The molecular formula is C19H22O5. The average molecular weight is 330 g/mol. The molecule has 2 unspecified atom stereocenters. The molecule has 24 heavy (non-hydrogen) atoms. The van der Waals surface area contributed by atoms with Crippen molar-refractivity contribution >= 4 is 12.0 Å². The number of hydrogen-bond acceptors (Lipinski definition) is 5. The molecule has 0 spiro atoms. The second-order valence-electron chi connectivity index (χ2n) is 5.99. The molecule has 1 aromatic rings. The van der Waals surface area contributed by atoms with Crippen LogP contribution in [0.25, 0.3) is 6.08 Å². The Hall–Kier alpha value is -2.11. The summed E-state index contributed by atoms with van der Waals surface area (Å²) in [6, 6.07) is 7.99. The van der Waals surface area contributed by atoms with Crippen molar-refractivity contribution in [1.82, 2.24) is 0 Å². The molecule has 2 fully saturated rings. The predicted octanol–water partition coefficient (Wildman–Crippen LogP) is 2.50. The molecule has 2 heterocycles. The van der Waals surface area contributed by atoms with Crippen LogP contribution in [0.1, 0.15) is 18.1 Å². The number of ether oxygens (including phenoxy) is 4. The first kappa shape index (κ1) is 16.7. The van der Waals surface area contributed by atoms with Crippen molar-refractivity contribution in [2.45, 2.75) is 25.6 Å². The molecule has 0 amide bonds. The molecule has 128 valence electrons. The number of benzene rings is 1. The van der Waals surface area contributed by atoms with Crippen molar-refractivity contribution < 1.29 is 23.7 Å². The number of rotatable bonds is 9. The third-order valence-corrected chi connectivity index (χ3v) is 3.95. The predicted molar refractivity (Wildman–Crippen MR) is 89.3 cm³/mol. The van der Waals surface area contributed by atoms with Gasteiger partial charge in [-0.15, -0.1) is 0 Å². The van der Waals surface area contributed by atoms with Crippen LogP contribution in [0.5, 0.6) is 0 Å². The lowest BCUT2D eigenvalue weighted by Crippen LogP contribution is -2.15. The molecule has 2 atom stereocenters. The minimum atomic E-state index is -0.361. The first-order chi connectivity index (χ1) is 11.7. The van der Waals surface area contributed by atoms with Crippen LogP contribution in [0.4, 0.5) is 0 Å². The van der Waals surface area contributed by atoms with E-state index in [9.17, 15) is 4.79 Å². The normalized spacial score (nSPS) is 22.4. The Bertz CT molecular complexity index is 624. The van der Waals surface area contributed by atoms with Gasteiger partial charge in [0.15, 0.2) is 0 Å². The maximum atomic E-state index is 12.2. The molecule has 2 aliphatic rings. The molecule has 0 saturated carbocycles. The highest BCUT2D eigenvalue weighted by molar-refractivity contribution is 5.88. The van der Waals surface area contributed by atoms with Crippen molar-refractivity contribution in [2.24, 2.45) is 0 Å². The Labute approximate surface area is 141 Å². The summed E-state index contributed by atoms with van der Waals surface area (Å²) in [6.07, 6.45) is 2.51. The zero-order chi connectivity index (χ0) is 16.9. The van der Waals surface area contributed by atoms with E-state index in [1.54, 1.807) is 13.0 Å². The van der Waals surface area contributed by atoms with Gasteiger partial charge in [0.05, 0.1) is 18.8 Å². The minimum Gasteiger partial charge on any atom is -0.494 e. The van der Waals surface area contributed by atoms with E-state index in [4.69, 9.17) is 18.9 Å². The lowest BCUT2D eigenvalue weighted by Gasteiger charge is -2.14. The zero-order valence-electron chi connectivity index (χ0n) is 13.8. The van der Waals surface area contributed by atoms with Gasteiger partial charge in [-0.1, -0.05) is 36.9 Å². The first-order valence-electron chi connectivity index (χ1n) is 8.10. The number of esters is 1. The van der Waals surface area contributed by atoms with E-state index in [0.29, 0.717) is 44.2 Å². The number of allylic oxidation sites excluding steroid dienone is 1. The van der Waals surface area contributed by atoms with Gasteiger partial charge in [0.1, 0.15) is 31.2 Å². The molecule has 5 heteroatoms. The van der Waals surface area contributed by atoms with E-state index < -0.39 is 0 Å². The molecule has 0 bridgehead atoms. The van der Waals surface area contributed by atoms with Crippen LogP contribution in [0.3, 0.4) is 0 Å². The van der Waals surface area contributed by atoms with Gasteiger partial charge in [-0.05, 0) is 18.1 Å². The molecular weight excluding hydrogens is 308 g/mol. The summed E-state index contributed by atoms with van der Waals surface area (Å²) in [7, 11) is 0. The maximum Gasteiger partial charge on any atom is 0.337 e. The summed E-state index contributed by atoms with van der Waals surface area (Å²) in [5.41, 5.74) is 2.60. The smallest absolute Gasteiger partial charge is 0.337 e. The fourth-order valence-corrected chi connectivity index (χ4v) is 2.16. The van der Waals surface area contributed by atoms with Gasteiger partial charge in [-0.2, -0.15) is 0 Å². The van der Waals surface area contributed by atoms with Gasteiger partial charge in [0.25, 0.3) is 0 Å². The number of carbonyl (C=O) groups is 1. The van der Waals surface area contributed by atoms with E-state index in [1.807, 2.05) is 24.3 Å². The van der Waals surface area contributed by atoms with Crippen LogP contribution in [0.2, 0.25) is 0 Å². The molecule has 0 aromatic heterocycles. The van der Waals surface area contributed by atoms with E-state index in [2.05, 4.69) is 6.58 Å². The Morgan fingerprint density at radius 2 is 1.75 bits per heavy atom. The summed E-state index contributed by atoms with van der Waals surface area (Å²) < 4.78 is 21.3. The standard InChI is InChI=1S/C19H22O5/c1-3-14-4-6-15(7-5-14)8-18(23-11-16-9-21-16)13(2)19(20)24-12-17-10-22-17/h3-7,16-17H,1,8-12H2,2H3. The van der Waals surface area contributed by atoms with Crippen molar-refractivity contribution in [3.8, 4) is 0 Å². The lowest BCUT2D eigenvalue weighted by atomic mass is 10.1. The highest BCUT2D eigenvalue weighted by Gasteiger charge is 2.27. The largest absolute Gasteiger partial charge is 0.494 e.